The zero-order valence-corrected chi connectivity index (χ0v) is 14.0. The molecule has 0 aliphatic rings. The number of benzene rings is 1. The molecule has 0 aliphatic carbocycles. The third-order valence-corrected chi connectivity index (χ3v) is 4.00. The Morgan fingerprint density at radius 2 is 2.00 bits per heavy atom. The Morgan fingerprint density at radius 1 is 1.29 bits per heavy atom. The standard InChI is InChI=1S/C16H20BrN3O/c1-19(2)10-11-20-15(14(17)12-18-20)8-9-16(21)13-6-4-3-5-7-13/h3-7,12H,8-11H2,1-2H3. The average molecular weight is 350 g/mol. The minimum absolute atomic E-state index is 0.169. The zero-order chi connectivity index (χ0) is 15.2. The van der Waals surface area contributed by atoms with Gasteiger partial charge in [-0.05, 0) is 36.4 Å². The quantitative estimate of drug-likeness (QED) is 0.721. The van der Waals surface area contributed by atoms with Crippen molar-refractivity contribution in [3.05, 3.63) is 52.3 Å². The van der Waals surface area contributed by atoms with Crippen LogP contribution in [0.4, 0.5) is 0 Å². The van der Waals surface area contributed by atoms with Crippen LogP contribution in [-0.2, 0) is 13.0 Å². The highest BCUT2D eigenvalue weighted by molar-refractivity contribution is 9.10. The summed E-state index contributed by atoms with van der Waals surface area (Å²) in [5, 5.41) is 4.37. The van der Waals surface area contributed by atoms with E-state index in [9.17, 15) is 4.79 Å². The van der Waals surface area contributed by atoms with Crippen molar-refractivity contribution in [1.29, 1.82) is 0 Å². The Labute approximate surface area is 133 Å². The van der Waals surface area contributed by atoms with Crippen LogP contribution in [0.25, 0.3) is 0 Å². The molecule has 0 saturated heterocycles. The van der Waals surface area contributed by atoms with E-state index in [4.69, 9.17) is 0 Å². The summed E-state index contributed by atoms with van der Waals surface area (Å²) in [4.78, 5) is 14.3. The number of rotatable bonds is 7. The van der Waals surface area contributed by atoms with Gasteiger partial charge in [0.05, 0.1) is 22.9 Å². The number of nitrogens with zero attached hydrogens (tertiary/aromatic N) is 3. The fraction of sp³-hybridized carbons (Fsp3) is 0.375. The van der Waals surface area contributed by atoms with Crippen molar-refractivity contribution in [2.45, 2.75) is 19.4 Å². The van der Waals surface area contributed by atoms with Crippen molar-refractivity contribution in [2.24, 2.45) is 0 Å². The molecule has 4 nitrogen and oxygen atoms in total. The molecule has 5 heteroatoms. The Balaban J connectivity index is 1.99. The maximum absolute atomic E-state index is 12.2. The van der Waals surface area contributed by atoms with E-state index in [0.717, 1.165) is 28.8 Å². The summed E-state index contributed by atoms with van der Waals surface area (Å²) in [5.74, 6) is 0.169. The topological polar surface area (TPSA) is 38.1 Å². The normalized spacial score (nSPS) is 11.0. The number of ketones is 1. The lowest BCUT2D eigenvalue weighted by atomic mass is 10.1. The van der Waals surface area contributed by atoms with Crippen molar-refractivity contribution in [1.82, 2.24) is 14.7 Å². The molecule has 2 aromatic rings. The molecule has 21 heavy (non-hydrogen) atoms. The van der Waals surface area contributed by atoms with Gasteiger partial charge >= 0.3 is 0 Å². The van der Waals surface area contributed by atoms with Crippen molar-refractivity contribution in [3.8, 4) is 0 Å². The molecule has 0 saturated carbocycles. The van der Waals surface area contributed by atoms with Gasteiger partial charge in [-0.3, -0.25) is 9.48 Å². The number of aromatic nitrogens is 2. The molecule has 2 rings (SSSR count). The second-order valence-corrected chi connectivity index (χ2v) is 6.11. The van der Waals surface area contributed by atoms with Gasteiger partial charge < -0.3 is 4.90 Å². The van der Waals surface area contributed by atoms with Crippen LogP contribution < -0.4 is 0 Å². The molecule has 0 spiro atoms. The van der Waals surface area contributed by atoms with Crippen LogP contribution in [0.15, 0.2) is 41.0 Å². The molecule has 1 aromatic heterocycles. The molecular weight excluding hydrogens is 330 g/mol. The molecular formula is C16H20BrN3O. The number of Topliss-reactive ketones (excluding diaryl/α,β-unsaturated/α-hetero) is 1. The Morgan fingerprint density at radius 3 is 2.67 bits per heavy atom. The summed E-state index contributed by atoms with van der Waals surface area (Å²) in [5.41, 5.74) is 1.86. The van der Waals surface area contributed by atoms with Crippen molar-refractivity contribution >= 4 is 21.7 Å². The van der Waals surface area contributed by atoms with Gasteiger partial charge in [0.15, 0.2) is 5.78 Å². The summed E-state index contributed by atoms with van der Waals surface area (Å²) in [6.07, 6.45) is 3.00. The number of likely N-dealkylation sites (N-methyl/N-ethyl adjacent to an activating group) is 1. The van der Waals surface area contributed by atoms with Crippen LogP contribution >= 0.6 is 15.9 Å². The van der Waals surface area contributed by atoms with Gasteiger partial charge in [0.1, 0.15) is 0 Å². The van der Waals surface area contributed by atoms with Crippen LogP contribution in [-0.4, -0.2) is 41.1 Å². The summed E-state index contributed by atoms with van der Waals surface area (Å²) in [6, 6.07) is 9.43. The first-order valence-electron chi connectivity index (χ1n) is 7.01. The van der Waals surface area contributed by atoms with E-state index in [1.54, 1.807) is 6.20 Å². The second-order valence-electron chi connectivity index (χ2n) is 5.25. The molecule has 1 aromatic carbocycles. The van der Waals surface area contributed by atoms with E-state index in [1.807, 2.05) is 49.1 Å². The molecule has 0 radical (unpaired) electrons. The minimum atomic E-state index is 0.169. The number of carbonyl (C=O) groups is 1. The van der Waals surface area contributed by atoms with Crippen LogP contribution in [0.2, 0.25) is 0 Å². The summed E-state index contributed by atoms with van der Waals surface area (Å²) in [6.45, 7) is 1.75. The van der Waals surface area contributed by atoms with Crippen LogP contribution in [0.3, 0.4) is 0 Å². The fourth-order valence-corrected chi connectivity index (χ4v) is 2.62. The predicted octanol–water partition coefficient (Wildman–Crippen LogP) is 3.02. The Hall–Kier alpha value is -1.46. The molecule has 0 bridgehead atoms. The molecule has 0 aliphatic heterocycles. The monoisotopic (exact) mass is 349 g/mol. The first kappa shape index (κ1) is 15.9. The highest BCUT2D eigenvalue weighted by atomic mass is 79.9. The smallest absolute Gasteiger partial charge is 0.163 e. The van der Waals surface area contributed by atoms with Gasteiger partial charge in [-0.2, -0.15) is 5.10 Å². The van der Waals surface area contributed by atoms with Gasteiger partial charge in [-0.1, -0.05) is 30.3 Å². The van der Waals surface area contributed by atoms with Crippen LogP contribution in [0.5, 0.6) is 0 Å². The van der Waals surface area contributed by atoms with Gasteiger partial charge in [-0.25, -0.2) is 0 Å². The molecule has 1 heterocycles. The SMILES string of the molecule is CN(C)CCn1ncc(Br)c1CCC(=O)c1ccccc1. The maximum Gasteiger partial charge on any atom is 0.163 e. The van der Waals surface area contributed by atoms with Gasteiger partial charge in [0.25, 0.3) is 0 Å². The third kappa shape index (κ3) is 4.51. The second kappa shape index (κ2) is 7.52. The van der Waals surface area contributed by atoms with Gasteiger partial charge in [0.2, 0.25) is 0 Å². The van der Waals surface area contributed by atoms with E-state index < -0.39 is 0 Å². The first-order chi connectivity index (χ1) is 10.1. The van der Waals surface area contributed by atoms with E-state index in [2.05, 4.69) is 25.9 Å². The zero-order valence-electron chi connectivity index (χ0n) is 12.4. The number of hydrogen-bond acceptors (Lipinski definition) is 3. The van der Waals surface area contributed by atoms with Gasteiger partial charge in [-0.15, -0.1) is 0 Å². The van der Waals surface area contributed by atoms with Gasteiger partial charge in [0, 0.05) is 18.5 Å². The van der Waals surface area contributed by atoms with Crippen molar-refractivity contribution in [2.75, 3.05) is 20.6 Å². The largest absolute Gasteiger partial charge is 0.308 e. The molecule has 0 amide bonds. The first-order valence-corrected chi connectivity index (χ1v) is 7.80. The Kier molecular flexibility index (Phi) is 5.70. The minimum Gasteiger partial charge on any atom is -0.308 e. The third-order valence-electron chi connectivity index (χ3n) is 3.34. The summed E-state index contributed by atoms with van der Waals surface area (Å²) in [7, 11) is 4.08. The van der Waals surface area contributed by atoms with E-state index >= 15 is 0 Å². The number of halogens is 1. The molecule has 0 N–H and O–H groups in total. The van der Waals surface area contributed by atoms with Crippen molar-refractivity contribution < 1.29 is 4.79 Å². The predicted molar refractivity (Wildman–Crippen MR) is 87.6 cm³/mol. The Bertz CT molecular complexity index is 593. The van der Waals surface area contributed by atoms with Crippen LogP contribution in [0.1, 0.15) is 22.5 Å². The number of carbonyl (C=O) groups excluding carboxylic acids is 1. The van der Waals surface area contributed by atoms with Crippen molar-refractivity contribution in [3.63, 3.8) is 0 Å². The molecule has 0 unspecified atom stereocenters. The molecule has 0 fully saturated rings. The average Bonchev–Trinajstić information content (AvgIpc) is 2.84. The fourth-order valence-electron chi connectivity index (χ4n) is 2.12. The lowest BCUT2D eigenvalue weighted by molar-refractivity contribution is 0.0982. The lowest BCUT2D eigenvalue weighted by Crippen LogP contribution is -2.20. The lowest BCUT2D eigenvalue weighted by Gasteiger charge is -2.12. The summed E-state index contributed by atoms with van der Waals surface area (Å²) < 4.78 is 2.95. The molecule has 0 atom stereocenters. The van der Waals surface area contributed by atoms with E-state index in [0.29, 0.717) is 12.8 Å². The summed E-state index contributed by atoms with van der Waals surface area (Å²) >= 11 is 3.52. The van der Waals surface area contributed by atoms with E-state index in [-0.39, 0.29) is 5.78 Å². The maximum atomic E-state index is 12.2. The van der Waals surface area contributed by atoms with Crippen LogP contribution in [0, 0.1) is 0 Å². The highest BCUT2D eigenvalue weighted by Crippen LogP contribution is 2.18. The highest BCUT2D eigenvalue weighted by Gasteiger charge is 2.12. The number of hydrogen-bond donors (Lipinski definition) is 0. The molecule has 112 valence electrons. The van der Waals surface area contributed by atoms with E-state index in [1.165, 1.54) is 0 Å².